The monoisotopic (exact) mass is 190 g/mol. The van der Waals surface area contributed by atoms with Crippen molar-refractivity contribution in [3.05, 3.63) is 36.5 Å². The molecule has 0 aliphatic carbocycles. The molecule has 0 aliphatic rings. The molecule has 0 spiro atoms. The van der Waals surface area contributed by atoms with Crippen molar-refractivity contribution in [2.45, 2.75) is 26.6 Å². The third-order valence-corrected chi connectivity index (χ3v) is 2.20. The van der Waals surface area contributed by atoms with Gasteiger partial charge in [-0.2, -0.15) is 0 Å². The van der Waals surface area contributed by atoms with Crippen LogP contribution in [0.4, 0.5) is 0 Å². The van der Waals surface area contributed by atoms with Crippen LogP contribution in [0.1, 0.15) is 6.92 Å². The van der Waals surface area contributed by atoms with Crippen LogP contribution in [0.25, 0.3) is 0 Å². The SMILES string of the molecule is C=C/C(C)=C\C(=C)C#C[Si](C)(C)C. The van der Waals surface area contributed by atoms with Crippen molar-refractivity contribution >= 4 is 8.07 Å². The lowest BCUT2D eigenvalue weighted by atomic mass is 10.2. The van der Waals surface area contributed by atoms with Crippen molar-refractivity contribution < 1.29 is 0 Å². The van der Waals surface area contributed by atoms with Crippen LogP contribution in [0, 0.1) is 11.5 Å². The van der Waals surface area contributed by atoms with Gasteiger partial charge in [-0.25, -0.2) is 0 Å². The molecule has 0 radical (unpaired) electrons. The van der Waals surface area contributed by atoms with Gasteiger partial charge in [0, 0.05) is 5.57 Å². The molecule has 0 N–H and O–H groups in total. The van der Waals surface area contributed by atoms with Crippen molar-refractivity contribution in [3.63, 3.8) is 0 Å². The zero-order valence-electron chi connectivity index (χ0n) is 9.07. The maximum absolute atomic E-state index is 3.87. The molecule has 0 saturated carbocycles. The summed E-state index contributed by atoms with van der Waals surface area (Å²) in [7, 11) is -1.26. The Morgan fingerprint density at radius 1 is 1.31 bits per heavy atom. The summed E-state index contributed by atoms with van der Waals surface area (Å²) in [6.07, 6.45) is 3.77. The zero-order valence-corrected chi connectivity index (χ0v) is 10.1. The predicted molar refractivity (Wildman–Crippen MR) is 64.2 cm³/mol. The molecule has 1 heteroatoms. The van der Waals surface area contributed by atoms with Crippen molar-refractivity contribution in [1.29, 1.82) is 0 Å². The van der Waals surface area contributed by atoms with E-state index < -0.39 is 8.07 Å². The van der Waals surface area contributed by atoms with Gasteiger partial charge in [-0.1, -0.05) is 50.4 Å². The van der Waals surface area contributed by atoms with Gasteiger partial charge in [-0.3, -0.25) is 0 Å². The van der Waals surface area contributed by atoms with Gasteiger partial charge in [-0.05, 0) is 13.0 Å². The number of allylic oxidation sites excluding steroid dienone is 4. The summed E-state index contributed by atoms with van der Waals surface area (Å²) in [6, 6.07) is 0. The topological polar surface area (TPSA) is 0 Å². The Kier molecular flexibility index (Phi) is 4.51. The van der Waals surface area contributed by atoms with E-state index in [0.717, 1.165) is 11.1 Å². The fraction of sp³-hybridized carbons (Fsp3) is 0.333. The first-order valence-electron chi connectivity index (χ1n) is 4.38. The van der Waals surface area contributed by atoms with Crippen molar-refractivity contribution in [2.75, 3.05) is 0 Å². The van der Waals surface area contributed by atoms with Crippen LogP contribution in [0.3, 0.4) is 0 Å². The van der Waals surface area contributed by atoms with Crippen LogP contribution in [0.2, 0.25) is 19.6 Å². The van der Waals surface area contributed by atoms with E-state index in [9.17, 15) is 0 Å². The molecule has 0 aliphatic heterocycles. The first-order chi connectivity index (χ1) is 5.85. The van der Waals surface area contributed by atoms with Gasteiger partial charge < -0.3 is 0 Å². The second-order valence-corrected chi connectivity index (χ2v) is 8.87. The standard InChI is InChI=1S/C12H18Si/c1-7-11(2)10-12(3)8-9-13(4,5)6/h7,10H,1,3H2,2,4-6H3/b11-10-. The maximum Gasteiger partial charge on any atom is 0.129 e. The van der Waals surface area contributed by atoms with E-state index >= 15 is 0 Å². The Morgan fingerprint density at radius 3 is 2.23 bits per heavy atom. The molecule has 0 fully saturated rings. The zero-order chi connectivity index (χ0) is 10.5. The van der Waals surface area contributed by atoms with Crippen molar-refractivity contribution in [1.82, 2.24) is 0 Å². The molecule has 0 aromatic carbocycles. The van der Waals surface area contributed by atoms with Crippen LogP contribution in [0.5, 0.6) is 0 Å². The van der Waals surface area contributed by atoms with E-state index in [1.165, 1.54) is 0 Å². The van der Waals surface area contributed by atoms with E-state index in [0.29, 0.717) is 0 Å². The molecule has 0 atom stereocenters. The van der Waals surface area contributed by atoms with Gasteiger partial charge in [0.05, 0.1) is 0 Å². The summed E-state index contributed by atoms with van der Waals surface area (Å²) in [5, 5.41) is 0. The number of rotatable bonds is 2. The Hall–Kier alpha value is -1.00. The van der Waals surface area contributed by atoms with E-state index in [2.05, 4.69) is 44.3 Å². The summed E-state index contributed by atoms with van der Waals surface area (Å²) < 4.78 is 0. The van der Waals surface area contributed by atoms with Gasteiger partial charge in [-0.15, -0.1) is 5.54 Å². The second-order valence-electron chi connectivity index (χ2n) is 4.12. The third-order valence-electron chi connectivity index (χ3n) is 1.32. The van der Waals surface area contributed by atoms with Gasteiger partial charge in [0.2, 0.25) is 0 Å². The summed E-state index contributed by atoms with van der Waals surface area (Å²) in [5.41, 5.74) is 5.24. The molecule has 13 heavy (non-hydrogen) atoms. The van der Waals surface area contributed by atoms with Crippen molar-refractivity contribution in [3.8, 4) is 11.5 Å². The molecular formula is C12H18Si. The summed E-state index contributed by atoms with van der Waals surface area (Å²) >= 11 is 0. The van der Waals surface area contributed by atoms with Crippen LogP contribution in [0.15, 0.2) is 36.5 Å². The molecule has 0 bridgehead atoms. The highest BCUT2D eigenvalue weighted by Gasteiger charge is 2.07. The van der Waals surface area contributed by atoms with Gasteiger partial charge in [0.25, 0.3) is 0 Å². The minimum atomic E-state index is -1.26. The minimum absolute atomic E-state index is 0.875. The second kappa shape index (κ2) is 4.89. The lowest BCUT2D eigenvalue weighted by molar-refractivity contribution is 1.52. The quantitative estimate of drug-likeness (QED) is 0.355. The van der Waals surface area contributed by atoms with Crippen molar-refractivity contribution in [2.24, 2.45) is 0 Å². The van der Waals surface area contributed by atoms with Gasteiger partial charge in [0.15, 0.2) is 0 Å². The Bertz CT molecular complexity index is 289. The molecule has 0 unspecified atom stereocenters. The van der Waals surface area contributed by atoms with E-state index in [1.807, 2.05) is 13.0 Å². The number of hydrogen-bond acceptors (Lipinski definition) is 0. The third kappa shape index (κ3) is 7.36. The molecule has 0 saturated heterocycles. The Balaban J connectivity index is 4.47. The fourth-order valence-electron chi connectivity index (χ4n) is 0.638. The largest absolute Gasteiger partial charge is 0.129 e. The van der Waals surface area contributed by atoms with E-state index in [-0.39, 0.29) is 0 Å². The minimum Gasteiger partial charge on any atom is -0.127 e. The highest BCUT2D eigenvalue weighted by atomic mass is 28.3. The molecule has 0 amide bonds. The molecule has 0 heterocycles. The predicted octanol–water partition coefficient (Wildman–Crippen LogP) is 3.56. The Morgan fingerprint density at radius 2 is 1.85 bits per heavy atom. The average molecular weight is 190 g/mol. The summed E-state index contributed by atoms with van der Waals surface area (Å²) in [5.74, 6) is 3.08. The van der Waals surface area contributed by atoms with Crippen LogP contribution in [-0.4, -0.2) is 8.07 Å². The maximum atomic E-state index is 3.87. The fourth-order valence-corrected chi connectivity index (χ4v) is 1.17. The average Bonchev–Trinajstić information content (AvgIpc) is 1.99. The summed E-state index contributed by atoms with van der Waals surface area (Å²) in [4.78, 5) is 0. The highest BCUT2D eigenvalue weighted by molar-refractivity contribution is 6.83. The smallest absolute Gasteiger partial charge is 0.127 e. The van der Waals surface area contributed by atoms with Gasteiger partial charge in [0.1, 0.15) is 8.07 Å². The lowest BCUT2D eigenvalue weighted by Crippen LogP contribution is -2.16. The molecule has 0 rings (SSSR count). The summed E-state index contributed by atoms with van der Waals surface area (Å²) in [6.45, 7) is 16.2. The lowest BCUT2D eigenvalue weighted by Gasteiger charge is -2.03. The van der Waals surface area contributed by atoms with Gasteiger partial charge >= 0.3 is 0 Å². The Labute approximate surface area is 83.1 Å². The molecule has 0 aromatic rings. The first-order valence-corrected chi connectivity index (χ1v) is 7.88. The molecule has 0 nitrogen and oxygen atoms in total. The van der Waals surface area contributed by atoms with E-state index in [1.54, 1.807) is 6.08 Å². The van der Waals surface area contributed by atoms with E-state index in [4.69, 9.17) is 0 Å². The molecular weight excluding hydrogens is 172 g/mol. The van der Waals surface area contributed by atoms with Crippen LogP contribution < -0.4 is 0 Å². The normalized spacial score (nSPS) is 11.5. The van der Waals surface area contributed by atoms with Crippen LogP contribution >= 0.6 is 0 Å². The first kappa shape index (κ1) is 12.0. The molecule has 0 aromatic heterocycles. The van der Waals surface area contributed by atoms with Crippen LogP contribution in [-0.2, 0) is 0 Å². The highest BCUT2D eigenvalue weighted by Crippen LogP contribution is 2.02. The number of hydrogen-bond donors (Lipinski definition) is 0. The molecule has 70 valence electrons.